The Morgan fingerprint density at radius 1 is 1.00 bits per heavy atom. The number of carboxylic acids is 1. The molecular formula is C22H26O7. The number of aryl methyl sites for hydroxylation is 1. The quantitative estimate of drug-likeness (QED) is 0.283. The first-order valence-electron chi connectivity index (χ1n) is 9.45. The van der Waals surface area contributed by atoms with Gasteiger partial charge in [-0.3, -0.25) is 4.79 Å². The van der Waals surface area contributed by atoms with Gasteiger partial charge in [-0.15, -0.1) is 0 Å². The fourth-order valence-corrected chi connectivity index (χ4v) is 3.14. The molecule has 2 aromatic carbocycles. The van der Waals surface area contributed by atoms with Crippen LogP contribution in [0.1, 0.15) is 63.6 Å². The zero-order valence-electron chi connectivity index (χ0n) is 16.8. The zero-order valence-corrected chi connectivity index (χ0v) is 16.8. The van der Waals surface area contributed by atoms with Crippen molar-refractivity contribution < 1.29 is 34.8 Å². The predicted molar refractivity (Wildman–Crippen MR) is 107 cm³/mol. The van der Waals surface area contributed by atoms with Crippen molar-refractivity contribution in [2.75, 3.05) is 6.61 Å². The van der Waals surface area contributed by atoms with Crippen LogP contribution in [0, 0.1) is 13.8 Å². The summed E-state index contributed by atoms with van der Waals surface area (Å²) in [5, 5.41) is 39.0. The molecule has 0 bridgehead atoms. The van der Waals surface area contributed by atoms with Crippen molar-refractivity contribution in [1.82, 2.24) is 0 Å². The fourth-order valence-electron chi connectivity index (χ4n) is 3.14. The number of ether oxygens (including phenoxy) is 1. The Balaban J connectivity index is 2.05. The molecule has 4 N–H and O–H groups in total. The molecule has 0 aliphatic heterocycles. The average molecular weight is 402 g/mol. The Labute approximate surface area is 169 Å². The van der Waals surface area contributed by atoms with Crippen LogP contribution < -0.4 is 4.74 Å². The van der Waals surface area contributed by atoms with Gasteiger partial charge in [0, 0.05) is 23.1 Å². The second-order valence-electron chi connectivity index (χ2n) is 6.93. The summed E-state index contributed by atoms with van der Waals surface area (Å²) in [5.41, 5.74) is 1.37. The van der Waals surface area contributed by atoms with E-state index in [9.17, 15) is 24.9 Å². The van der Waals surface area contributed by atoms with Gasteiger partial charge in [-0.1, -0.05) is 13.3 Å². The predicted octanol–water partition coefficient (Wildman–Crippen LogP) is 4.11. The molecule has 2 aromatic rings. The molecule has 0 aliphatic carbocycles. The van der Waals surface area contributed by atoms with Gasteiger partial charge in [0.05, 0.1) is 6.61 Å². The monoisotopic (exact) mass is 402 g/mol. The highest BCUT2D eigenvalue weighted by atomic mass is 16.5. The zero-order chi connectivity index (χ0) is 21.7. The smallest absolute Gasteiger partial charge is 0.339 e. The number of phenols is 3. The summed E-state index contributed by atoms with van der Waals surface area (Å²) in [4.78, 5) is 23.7. The minimum atomic E-state index is -1.21. The molecule has 0 fully saturated rings. The lowest BCUT2D eigenvalue weighted by Crippen LogP contribution is -2.08. The number of carboxylic acid groups (broad SMARTS) is 1. The van der Waals surface area contributed by atoms with Gasteiger partial charge in [-0.25, -0.2) is 4.79 Å². The van der Waals surface area contributed by atoms with Crippen molar-refractivity contribution >= 4 is 11.8 Å². The maximum absolute atomic E-state index is 12.5. The Morgan fingerprint density at radius 2 is 1.69 bits per heavy atom. The van der Waals surface area contributed by atoms with Crippen molar-refractivity contribution in [1.29, 1.82) is 0 Å². The molecule has 0 unspecified atom stereocenters. The maximum Gasteiger partial charge on any atom is 0.339 e. The minimum Gasteiger partial charge on any atom is -0.507 e. The van der Waals surface area contributed by atoms with Gasteiger partial charge in [0.1, 0.15) is 17.1 Å². The largest absolute Gasteiger partial charge is 0.507 e. The van der Waals surface area contributed by atoms with E-state index in [4.69, 9.17) is 9.84 Å². The third kappa shape index (κ3) is 4.80. The van der Waals surface area contributed by atoms with Gasteiger partial charge < -0.3 is 25.2 Å². The number of hydrogen-bond donors (Lipinski definition) is 4. The summed E-state index contributed by atoms with van der Waals surface area (Å²) >= 11 is 0. The summed E-state index contributed by atoms with van der Waals surface area (Å²) < 4.78 is 5.69. The second-order valence-corrected chi connectivity index (χ2v) is 6.93. The SMILES string of the molecule is CCCc1c(OCCCC(=O)c2cc(C)c(O)c(O)c2C)ccc(C(=O)O)c1O. The molecule has 2 rings (SSSR count). The van der Waals surface area contributed by atoms with Crippen LogP contribution >= 0.6 is 0 Å². The van der Waals surface area contributed by atoms with E-state index in [0.717, 1.165) is 0 Å². The Morgan fingerprint density at radius 3 is 2.31 bits per heavy atom. The summed E-state index contributed by atoms with van der Waals surface area (Å²) in [7, 11) is 0. The summed E-state index contributed by atoms with van der Waals surface area (Å²) in [6.45, 7) is 5.29. The second kappa shape index (κ2) is 9.32. The number of aromatic hydroxyl groups is 3. The summed E-state index contributed by atoms with van der Waals surface area (Å²) in [5.74, 6) is -1.80. The number of carbonyl (C=O) groups is 2. The number of carbonyl (C=O) groups excluding carboxylic acids is 1. The van der Waals surface area contributed by atoms with E-state index >= 15 is 0 Å². The standard InChI is InChI=1S/C22H26O7/c1-4-6-14-18(9-8-15(21(14)26)22(27)28)29-10-5-7-17(23)16-11-12(2)19(24)20(25)13(16)3/h8-9,11,24-26H,4-7,10H2,1-3H3,(H,27,28). The Kier molecular flexibility index (Phi) is 7.09. The number of Topliss-reactive ketones (excluding diaryl/α,β-unsaturated/α-hetero) is 1. The van der Waals surface area contributed by atoms with Crippen molar-refractivity contribution in [2.24, 2.45) is 0 Å². The molecule has 0 saturated heterocycles. The molecule has 0 saturated carbocycles. The van der Waals surface area contributed by atoms with Gasteiger partial charge in [0.2, 0.25) is 0 Å². The molecule has 0 atom stereocenters. The summed E-state index contributed by atoms with van der Waals surface area (Å²) in [6, 6.07) is 4.36. The van der Waals surface area contributed by atoms with Crippen LogP contribution in [0.5, 0.6) is 23.0 Å². The first kappa shape index (κ1) is 22.1. The number of aromatic carboxylic acids is 1. The molecule has 0 aromatic heterocycles. The van der Waals surface area contributed by atoms with E-state index in [-0.39, 0.29) is 41.6 Å². The van der Waals surface area contributed by atoms with Crippen molar-refractivity contribution in [3.05, 3.63) is 46.0 Å². The fraction of sp³-hybridized carbons (Fsp3) is 0.364. The Bertz CT molecular complexity index is 931. The molecule has 0 aliphatic rings. The molecule has 156 valence electrons. The van der Waals surface area contributed by atoms with Gasteiger partial charge in [-0.2, -0.15) is 0 Å². The number of benzene rings is 2. The molecule has 7 heteroatoms. The molecule has 29 heavy (non-hydrogen) atoms. The van der Waals surface area contributed by atoms with E-state index in [1.54, 1.807) is 19.9 Å². The van der Waals surface area contributed by atoms with Crippen LogP contribution in [0.3, 0.4) is 0 Å². The highest BCUT2D eigenvalue weighted by molar-refractivity contribution is 5.98. The van der Waals surface area contributed by atoms with E-state index in [1.165, 1.54) is 12.1 Å². The first-order chi connectivity index (χ1) is 13.7. The first-order valence-corrected chi connectivity index (χ1v) is 9.45. The number of phenolic OH excluding ortho intramolecular Hbond substituents is 2. The van der Waals surface area contributed by atoms with Crippen molar-refractivity contribution in [3.63, 3.8) is 0 Å². The van der Waals surface area contributed by atoms with Crippen LogP contribution in [0.25, 0.3) is 0 Å². The highest BCUT2D eigenvalue weighted by Gasteiger charge is 2.19. The van der Waals surface area contributed by atoms with Crippen molar-refractivity contribution in [3.8, 4) is 23.0 Å². The third-order valence-electron chi connectivity index (χ3n) is 4.79. The number of rotatable bonds is 9. The molecule has 0 radical (unpaired) electrons. The number of ketones is 1. The highest BCUT2D eigenvalue weighted by Crippen LogP contribution is 2.35. The van der Waals surface area contributed by atoms with Gasteiger partial charge >= 0.3 is 5.97 Å². The molecule has 0 spiro atoms. The van der Waals surface area contributed by atoms with Crippen LogP contribution in [0.2, 0.25) is 0 Å². The van der Waals surface area contributed by atoms with Gasteiger partial charge in [-0.05, 0) is 50.5 Å². The lowest BCUT2D eigenvalue weighted by atomic mass is 9.97. The normalized spacial score (nSPS) is 10.7. The maximum atomic E-state index is 12.5. The van der Waals surface area contributed by atoms with Crippen LogP contribution in [-0.4, -0.2) is 38.8 Å². The van der Waals surface area contributed by atoms with Gasteiger partial charge in [0.25, 0.3) is 0 Å². The van der Waals surface area contributed by atoms with E-state index in [2.05, 4.69) is 0 Å². The lowest BCUT2D eigenvalue weighted by Gasteiger charge is -2.14. The number of hydrogen-bond acceptors (Lipinski definition) is 6. The third-order valence-corrected chi connectivity index (χ3v) is 4.79. The Hall–Kier alpha value is -3.22. The van der Waals surface area contributed by atoms with Crippen molar-refractivity contribution in [2.45, 2.75) is 46.5 Å². The molecule has 7 nitrogen and oxygen atoms in total. The van der Waals surface area contributed by atoms with Gasteiger partial charge in [0.15, 0.2) is 17.3 Å². The molecule has 0 heterocycles. The van der Waals surface area contributed by atoms with E-state index in [1.807, 2.05) is 6.92 Å². The van der Waals surface area contributed by atoms with Crippen LogP contribution in [0.4, 0.5) is 0 Å². The molecular weight excluding hydrogens is 376 g/mol. The lowest BCUT2D eigenvalue weighted by molar-refractivity contribution is 0.0693. The molecule has 0 amide bonds. The van der Waals surface area contributed by atoms with Crippen LogP contribution in [0.15, 0.2) is 18.2 Å². The average Bonchev–Trinajstić information content (AvgIpc) is 2.68. The topological polar surface area (TPSA) is 124 Å². The van der Waals surface area contributed by atoms with E-state index in [0.29, 0.717) is 47.3 Å². The summed E-state index contributed by atoms with van der Waals surface area (Å²) in [6.07, 6.45) is 1.74. The minimum absolute atomic E-state index is 0.172. The van der Waals surface area contributed by atoms with Crippen LogP contribution in [-0.2, 0) is 6.42 Å². The van der Waals surface area contributed by atoms with E-state index < -0.39 is 5.97 Å².